The third-order valence-corrected chi connectivity index (χ3v) is 4.20. The normalized spacial score (nSPS) is 12.4. The lowest BCUT2D eigenvalue weighted by molar-refractivity contribution is 0.781. The Labute approximate surface area is 126 Å². The number of benzene rings is 1. The molecule has 0 unspecified atom stereocenters. The summed E-state index contributed by atoms with van der Waals surface area (Å²) in [5, 5.41) is 0. The third kappa shape index (κ3) is 4.03. The number of halogens is 1. The van der Waals surface area contributed by atoms with Crippen molar-refractivity contribution in [2.45, 2.75) is 30.5 Å². The van der Waals surface area contributed by atoms with Gasteiger partial charge in [0.2, 0.25) is 0 Å². The van der Waals surface area contributed by atoms with E-state index in [1.54, 1.807) is 11.8 Å². The van der Waals surface area contributed by atoms with Gasteiger partial charge in [0.05, 0.1) is 5.75 Å². The highest BCUT2D eigenvalue weighted by molar-refractivity contribution is 9.10. The molecule has 5 heteroatoms. The average molecular weight is 338 g/mol. The van der Waals surface area contributed by atoms with Crippen molar-refractivity contribution in [3.63, 3.8) is 0 Å². The van der Waals surface area contributed by atoms with Gasteiger partial charge in [0.15, 0.2) is 0 Å². The number of rotatable bonds is 4. The number of hydrogen-bond donors (Lipinski definition) is 1. The molecule has 0 amide bonds. The molecular weight excluding hydrogens is 322 g/mol. The van der Waals surface area contributed by atoms with E-state index in [2.05, 4.69) is 38.0 Å². The fourth-order valence-corrected chi connectivity index (χ4v) is 3.12. The smallest absolute Gasteiger partial charge is 0.138 e. The van der Waals surface area contributed by atoms with Crippen LogP contribution in [0.25, 0.3) is 0 Å². The van der Waals surface area contributed by atoms with Crippen LogP contribution in [0.2, 0.25) is 0 Å². The number of thioether (sulfide) groups is 1. The molecule has 0 spiro atoms. The summed E-state index contributed by atoms with van der Waals surface area (Å²) in [6.07, 6.45) is 1.84. The molecule has 2 N–H and O–H groups in total. The topological polar surface area (TPSA) is 51.8 Å². The van der Waals surface area contributed by atoms with Gasteiger partial charge in [-0.25, -0.2) is 9.97 Å². The Morgan fingerprint density at radius 3 is 2.84 bits per heavy atom. The first kappa shape index (κ1) is 14.5. The summed E-state index contributed by atoms with van der Waals surface area (Å²) in [4.78, 5) is 10.1. The van der Waals surface area contributed by atoms with E-state index in [1.807, 2.05) is 32.2 Å². The van der Waals surface area contributed by atoms with Gasteiger partial charge >= 0.3 is 0 Å². The lowest BCUT2D eigenvalue weighted by Crippen LogP contribution is -2.10. The molecule has 0 fully saturated rings. The molecule has 3 nitrogen and oxygen atoms in total. The molecule has 2 aromatic rings. The highest BCUT2D eigenvalue weighted by atomic mass is 79.9. The molecule has 0 radical (unpaired) electrons. The maximum Gasteiger partial charge on any atom is 0.138 e. The van der Waals surface area contributed by atoms with Crippen LogP contribution in [0.15, 0.2) is 39.8 Å². The molecule has 0 aliphatic rings. The van der Waals surface area contributed by atoms with Crippen LogP contribution in [0.4, 0.5) is 0 Å². The molecule has 0 saturated heterocycles. The Hall–Kier alpha value is -0.910. The zero-order chi connectivity index (χ0) is 13.8. The van der Waals surface area contributed by atoms with Crippen LogP contribution in [0.1, 0.15) is 30.0 Å². The van der Waals surface area contributed by atoms with E-state index in [0.717, 1.165) is 27.3 Å². The molecule has 19 heavy (non-hydrogen) atoms. The largest absolute Gasteiger partial charge is 0.324 e. The summed E-state index contributed by atoms with van der Waals surface area (Å²) < 4.78 is 1.09. The second kappa shape index (κ2) is 6.50. The van der Waals surface area contributed by atoms with Crippen LogP contribution >= 0.6 is 27.7 Å². The van der Waals surface area contributed by atoms with Gasteiger partial charge in [-0.3, -0.25) is 0 Å². The van der Waals surface area contributed by atoms with Gasteiger partial charge in [-0.05, 0) is 32.0 Å². The van der Waals surface area contributed by atoms with Crippen LogP contribution in [0.5, 0.6) is 0 Å². The summed E-state index contributed by atoms with van der Waals surface area (Å²) in [5.41, 5.74) is 7.83. The van der Waals surface area contributed by atoms with Crippen LogP contribution < -0.4 is 5.73 Å². The van der Waals surface area contributed by atoms with E-state index in [0.29, 0.717) is 0 Å². The molecule has 1 aromatic carbocycles. The lowest BCUT2D eigenvalue weighted by atomic mass is 10.1. The molecule has 0 aliphatic carbocycles. The zero-order valence-corrected chi connectivity index (χ0v) is 13.3. The fraction of sp³-hybridized carbons (Fsp3) is 0.286. The van der Waals surface area contributed by atoms with Crippen LogP contribution in [0.3, 0.4) is 0 Å². The predicted molar refractivity (Wildman–Crippen MR) is 83.1 cm³/mol. The zero-order valence-electron chi connectivity index (χ0n) is 10.9. The first-order valence-electron chi connectivity index (χ1n) is 6.02. The van der Waals surface area contributed by atoms with E-state index in [9.17, 15) is 0 Å². The minimum Gasteiger partial charge on any atom is -0.324 e. The monoisotopic (exact) mass is 337 g/mol. The van der Waals surface area contributed by atoms with E-state index in [-0.39, 0.29) is 6.04 Å². The molecule has 1 heterocycles. The number of nitrogens with zero attached hydrogens (tertiary/aromatic N) is 2. The van der Waals surface area contributed by atoms with Crippen LogP contribution in [-0.4, -0.2) is 9.97 Å². The van der Waals surface area contributed by atoms with Gasteiger partial charge in [-0.15, -0.1) is 11.8 Å². The van der Waals surface area contributed by atoms with Crippen molar-refractivity contribution >= 4 is 27.7 Å². The van der Waals surface area contributed by atoms with Gasteiger partial charge < -0.3 is 5.73 Å². The molecular formula is C14H16BrN3S. The third-order valence-electron chi connectivity index (χ3n) is 2.72. The first-order valence-corrected chi connectivity index (χ1v) is 7.80. The van der Waals surface area contributed by atoms with Gasteiger partial charge in [0.1, 0.15) is 5.82 Å². The summed E-state index contributed by atoms with van der Waals surface area (Å²) >= 11 is 5.19. The second-order valence-electron chi connectivity index (χ2n) is 4.36. The molecule has 0 saturated carbocycles. The molecule has 100 valence electrons. The standard InChI is InChI=1S/C14H16BrN3S/c1-9(16)13-7-17-14(18-10(13)2)8-19-12-5-3-4-11(15)6-12/h3-7,9H,8,16H2,1-2H3/t9-/m1/s1. The maximum absolute atomic E-state index is 5.86. The van der Waals surface area contributed by atoms with E-state index < -0.39 is 0 Å². The van der Waals surface area contributed by atoms with Crippen LogP contribution in [-0.2, 0) is 5.75 Å². The van der Waals surface area contributed by atoms with Gasteiger partial charge in [-0.2, -0.15) is 0 Å². The lowest BCUT2D eigenvalue weighted by Gasteiger charge is -2.09. The van der Waals surface area contributed by atoms with Gasteiger partial charge in [0.25, 0.3) is 0 Å². The minimum absolute atomic E-state index is 0.0215. The summed E-state index contributed by atoms with van der Waals surface area (Å²) in [7, 11) is 0. The predicted octanol–water partition coefficient (Wildman–Crippen LogP) is 3.86. The summed E-state index contributed by atoms with van der Waals surface area (Å²) in [6, 6.07) is 8.19. The Bertz CT molecular complexity index is 572. The molecule has 2 rings (SSSR count). The van der Waals surface area contributed by atoms with E-state index >= 15 is 0 Å². The van der Waals surface area contributed by atoms with Crippen molar-refractivity contribution in [3.05, 3.63) is 52.0 Å². The number of hydrogen-bond acceptors (Lipinski definition) is 4. The quantitative estimate of drug-likeness (QED) is 0.860. The van der Waals surface area contributed by atoms with Crippen molar-refractivity contribution < 1.29 is 0 Å². The SMILES string of the molecule is Cc1nc(CSc2cccc(Br)c2)ncc1[C@@H](C)N. The van der Waals surface area contributed by atoms with Crippen molar-refractivity contribution in [2.24, 2.45) is 5.73 Å². The van der Waals surface area contributed by atoms with Gasteiger partial charge in [-0.1, -0.05) is 22.0 Å². The van der Waals surface area contributed by atoms with Crippen molar-refractivity contribution in [1.82, 2.24) is 9.97 Å². The van der Waals surface area contributed by atoms with Gasteiger partial charge in [0, 0.05) is 32.9 Å². The van der Waals surface area contributed by atoms with Crippen molar-refractivity contribution in [3.8, 4) is 0 Å². The van der Waals surface area contributed by atoms with E-state index in [1.165, 1.54) is 4.90 Å². The number of nitrogens with two attached hydrogens (primary N) is 1. The van der Waals surface area contributed by atoms with Crippen LogP contribution in [0, 0.1) is 6.92 Å². The van der Waals surface area contributed by atoms with E-state index in [4.69, 9.17) is 5.73 Å². The Morgan fingerprint density at radius 1 is 1.42 bits per heavy atom. The molecule has 0 aliphatic heterocycles. The number of aryl methyl sites for hydroxylation is 1. The molecule has 0 bridgehead atoms. The molecule has 1 atom stereocenters. The van der Waals surface area contributed by atoms with Crippen molar-refractivity contribution in [1.29, 1.82) is 0 Å². The van der Waals surface area contributed by atoms with Crippen molar-refractivity contribution in [2.75, 3.05) is 0 Å². The fourth-order valence-electron chi connectivity index (χ4n) is 1.75. The molecule has 1 aromatic heterocycles. The summed E-state index contributed by atoms with van der Waals surface area (Å²) in [5.74, 6) is 1.60. The Kier molecular flexibility index (Phi) is 4.96. The number of aromatic nitrogens is 2. The Balaban J connectivity index is 2.06. The average Bonchev–Trinajstić information content (AvgIpc) is 2.36. The second-order valence-corrected chi connectivity index (χ2v) is 6.33. The summed E-state index contributed by atoms with van der Waals surface area (Å²) in [6.45, 7) is 3.93. The highest BCUT2D eigenvalue weighted by Gasteiger charge is 2.07. The minimum atomic E-state index is -0.0215. The highest BCUT2D eigenvalue weighted by Crippen LogP contribution is 2.24. The Morgan fingerprint density at radius 2 is 2.21 bits per heavy atom. The maximum atomic E-state index is 5.86. The first-order chi connectivity index (χ1) is 9.06.